The number of methoxy groups -OCH3 is 1. The molecule has 4 aromatic rings. The van der Waals surface area contributed by atoms with Gasteiger partial charge >= 0.3 is 0 Å². The predicted molar refractivity (Wildman–Crippen MR) is 122 cm³/mol. The van der Waals surface area contributed by atoms with E-state index in [4.69, 9.17) is 4.74 Å². The molecule has 0 amide bonds. The number of nitrogens with one attached hydrogen (secondary N) is 1. The van der Waals surface area contributed by atoms with Gasteiger partial charge in [-0.2, -0.15) is 0 Å². The molecule has 2 N–H and O–H groups in total. The van der Waals surface area contributed by atoms with Gasteiger partial charge in [-0.25, -0.2) is 4.39 Å². The zero-order chi connectivity index (χ0) is 22.7. The Morgan fingerprint density at radius 3 is 2.31 bits per heavy atom. The van der Waals surface area contributed by atoms with Crippen LogP contribution in [0.2, 0.25) is 0 Å². The fourth-order valence-corrected chi connectivity index (χ4v) is 3.52. The number of rotatable bonds is 8. The van der Waals surface area contributed by atoms with E-state index in [0.29, 0.717) is 12.2 Å². The monoisotopic (exact) mass is 432 g/mol. The Bertz CT molecular complexity index is 1280. The molecule has 6 nitrogen and oxygen atoms in total. The molecule has 0 aliphatic carbocycles. The second-order valence-corrected chi connectivity index (χ2v) is 7.28. The van der Waals surface area contributed by atoms with E-state index in [1.54, 1.807) is 37.4 Å². The third kappa shape index (κ3) is 4.24. The Morgan fingerprint density at radius 1 is 0.938 bits per heavy atom. The van der Waals surface area contributed by atoms with Crippen LogP contribution in [0.25, 0.3) is 0 Å². The minimum Gasteiger partial charge on any atom is -0.502 e. The maximum absolute atomic E-state index is 13.6. The number of halogens is 1. The number of aromatic hydroxyl groups is 1. The number of nitrogens with zero attached hydrogens (tertiary/aromatic N) is 1. The summed E-state index contributed by atoms with van der Waals surface area (Å²) < 4.78 is 19.3. The molecule has 0 aromatic heterocycles. The molecule has 0 radical (unpaired) electrons. The summed E-state index contributed by atoms with van der Waals surface area (Å²) in [6.45, 7) is 0.432. The molecule has 162 valence electrons. The molecule has 32 heavy (non-hydrogen) atoms. The van der Waals surface area contributed by atoms with E-state index in [2.05, 4.69) is 5.32 Å². The van der Waals surface area contributed by atoms with Crippen molar-refractivity contribution in [3.63, 3.8) is 0 Å². The second kappa shape index (κ2) is 9.03. The highest BCUT2D eigenvalue weighted by Gasteiger charge is 2.21. The molecule has 0 unspecified atom stereocenters. The fourth-order valence-electron chi connectivity index (χ4n) is 3.52. The summed E-state index contributed by atoms with van der Waals surface area (Å²) in [6, 6.07) is 23.0. The third-order valence-electron chi connectivity index (χ3n) is 5.25. The summed E-state index contributed by atoms with van der Waals surface area (Å²) in [7, 11) is 1.63. The van der Waals surface area contributed by atoms with Crippen LogP contribution < -0.4 is 21.1 Å². The van der Waals surface area contributed by atoms with E-state index >= 15 is 0 Å². The lowest BCUT2D eigenvalue weighted by Gasteiger charge is -2.29. The number of anilines is 4. The van der Waals surface area contributed by atoms with Crippen LogP contribution in [-0.4, -0.2) is 18.8 Å². The average molecular weight is 432 g/mol. The maximum atomic E-state index is 13.6. The van der Waals surface area contributed by atoms with Crippen molar-refractivity contribution in [2.24, 2.45) is 0 Å². The Balaban J connectivity index is 1.69. The molecule has 0 heterocycles. The summed E-state index contributed by atoms with van der Waals surface area (Å²) in [5.41, 5.74) is 1.22. The van der Waals surface area contributed by atoms with Crippen molar-refractivity contribution in [1.82, 2.24) is 0 Å². The first-order chi connectivity index (χ1) is 15.5. The lowest BCUT2D eigenvalue weighted by molar-refractivity contribution is 0.110. The molecule has 0 saturated carbocycles. The lowest BCUT2D eigenvalue weighted by Crippen LogP contribution is -2.32. The molecule has 0 spiro atoms. The summed E-state index contributed by atoms with van der Waals surface area (Å²) in [4.78, 5) is 25.0. The smallest absolute Gasteiger partial charge is 0.271 e. The van der Waals surface area contributed by atoms with Gasteiger partial charge in [0.25, 0.3) is 10.9 Å². The van der Waals surface area contributed by atoms with Crippen molar-refractivity contribution in [3.8, 4) is 5.75 Å². The first-order valence-electron chi connectivity index (χ1n) is 9.98. The topological polar surface area (TPSA) is 78.9 Å². The molecule has 4 aromatic carbocycles. The van der Waals surface area contributed by atoms with E-state index < -0.39 is 16.6 Å². The van der Waals surface area contributed by atoms with Crippen LogP contribution in [0, 0.1) is 5.82 Å². The summed E-state index contributed by atoms with van der Waals surface area (Å²) in [6.07, 6.45) is -0.268. The first kappa shape index (κ1) is 21.3. The number of hydrogen-bond acceptors (Lipinski definition) is 6. The summed E-state index contributed by atoms with van der Waals surface area (Å²) in [5.74, 6) is -0.912. The highest BCUT2D eigenvalue weighted by atomic mass is 19.1. The van der Waals surface area contributed by atoms with Gasteiger partial charge in [-0.05, 0) is 48.0 Å². The van der Waals surface area contributed by atoms with Crippen molar-refractivity contribution < 1.29 is 14.2 Å². The van der Waals surface area contributed by atoms with E-state index in [-0.39, 0.29) is 17.6 Å². The van der Waals surface area contributed by atoms with Gasteiger partial charge in [-0.15, -0.1) is 0 Å². The molecule has 0 aliphatic heterocycles. The Hall–Kier alpha value is -3.97. The minimum absolute atomic E-state index is 0.125. The molecule has 1 atom stereocenters. The standard InChI is InChI=1S/C25H21FN2O4/c1-32-21(16-6-3-2-4-7-16)15-28(19-12-10-17(26)11-13-19)20-9-5-8-18(14-20)27-22-23(29)25(31)24(22)30/h2-14,21,27,29H,15H2,1H3/t21-/m0/s1. The first-order valence-corrected chi connectivity index (χ1v) is 9.98. The Labute approximate surface area is 183 Å². The van der Waals surface area contributed by atoms with Gasteiger partial charge in [0.05, 0.1) is 12.6 Å². The van der Waals surface area contributed by atoms with Gasteiger partial charge in [0.2, 0.25) is 0 Å². The molecular formula is C25H21FN2O4. The van der Waals surface area contributed by atoms with Gasteiger partial charge in [0.1, 0.15) is 11.5 Å². The Morgan fingerprint density at radius 2 is 1.66 bits per heavy atom. The number of ether oxygens (including phenoxy) is 1. The van der Waals surface area contributed by atoms with Crippen molar-refractivity contribution in [1.29, 1.82) is 0 Å². The van der Waals surface area contributed by atoms with Crippen molar-refractivity contribution >= 4 is 22.7 Å². The largest absolute Gasteiger partial charge is 0.502 e. The lowest BCUT2D eigenvalue weighted by atomic mass is 10.1. The van der Waals surface area contributed by atoms with Crippen molar-refractivity contribution in [3.05, 3.63) is 111 Å². The van der Waals surface area contributed by atoms with Crippen LogP contribution in [-0.2, 0) is 4.74 Å². The number of hydrogen-bond donors (Lipinski definition) is 2. The number of benzene rings is 3. The van der Waals surface area contributed by atoms with Crippen LogP contribution in [0.1, 0.15) is 11.7 Å². The second-order valence-electron chi connectivity index (χ2n) is 7.28. The molecule has 0 saturated heterocycles. The SMILES string of the molecule is CO[C@@H](CN(c1ccc(F)cc1)c1cccc(Nc2c(O)c(=O)c2=O)c1)c1ccccc1. The fraction of sp³-hybridized carbons (Fsp3) is 0.120. The highest BCUT2D eigenvalue weighted by molar-refractivity contribution is 5.73. The molecule has 0 fully saturated rings. The van der Waals surface area contributed by atoms with E-state index in [1.165, 1.54) is 12.1 Å². The molecule has 0 bridgehead atoms. The third-order valence-corrected chi connectivity index (χ3v) is 5.25. The van der Waals surface area contributed by atoms with Gasteiger partial charge in [0, 0.05) is 24.2 Å². The van der Waals surface area contributed by atoms with Crippen LogP contribution >= 0.6 is 0 Å². The maximum Gasteiger partial charge on any atom is 0.271 e. The van der Waals surface area contributed by atoms with Crippen LogP contribution in [0.15, 0.2) is 88.5 Å². The van der Waals surface area contributed by atoms with Gasteiger partial charge in [-0.1, -0.05) is 36.4 Å². The van der Waals surface area contributed by atoms with E-state index in [9.17, 15) is 19.1 Å². The van der Waals surface area contributed by atoms with Crippen LogP contribution in [0.3, 0.4) is 0 Å². The van der Waals surface area contributed by atoms with Crippen LogP contribution in [0.5, 0.6) is 5.75 Å². The molecular weight excluding hydrogens is 411 g/mol. The van der Waals surface area contributed by atoms with Gasteiger partial charge in [-0.3, -0.25) is 9.59 Å². The molecule has 7 heteroatoms. The molecule has 4 rings (SSSR count). The predicted octanol–water partition coefficient (Wildman–Crippen LogP) is 4.40. The Kier molecular flexibility index (Phi) is 6.00. The van der Waals surface area contributed by atoms with Crippen LogP contribution in [0.4, 0.5) is 27.1 Å². The highest BCUT2D eigenvalue weighted by Crippen LogP contribution is 2.32. The van der Waals surface area contributed by atoms with Gasteiger partial charge in [0.15, 0.2) is 5.75 Å². The zero-order valence-electron chi connectivity index (χ0n) is 17.3. The van der Waals surface area contributed by atoms with E-state index in [1.807, 2.05) is 41.3 Å². The summed E-state index contributed by atoms with van der Waals surface area (Å²) in [5, 5.41) is 12.5. The van der Waals surface area contributed by atoms with Crippen molar-refractivity contribution in [2.45, 2.75) is 6.10 Å². The quantitative estimate of drug-likeness (QED) is 0.402. The summed E-state index contributed by atoms with van der Waals surface area (Å²) >= 11 is 0. The average Bonchev–Trinajstić information content (AvgIpc) is 2.84. The zero-order valence-corrected chi connectivity index (χ0v) is 17.3. The van der Waals surface area contributed by atoms with Crippen molar-refractivity contribution in [2.75, 3.05) is 23.9 Å². The molecule has 0 aliphatic rings. The van der Waals surface area contributed by atoms with E-state index in [0.717, 1.165) is 16.9 Å². The van der Waals surface area contributed by atoms with Gasteiger partial charge < -0.3 is 20.1 Å². The normalized spacial score (nSPS) is 11.9. The minimum atomic E-state index is -0.901.